The molecule has 0 bridgehead atoms. The van der Waals surface area contributed by atoms with Gasteiger partial charge in [-0.05, 0) is 30.7 Å². The average Bonchev–Trinajstić information content (AvgIpc) is 2.29. The van der Waals surface area contributed by atoms with Crippen LogP contribution in [0, 0.1) is 0 Å². The molecule has 1 aromatic rings. The second-order valence-corrected chi connectivity index (χ2v) is 4.75. The predicted molar refractivity (Wildman–Crippen MR) is 69.9 cm³/mol. The van der Waals surface area contributed by atoms with Crippen molar-refractivity contribution in [3.05, 3.63) is 33.8 Å². The van der Waals surface area contributed by atoms with Gasteiger partial charge in [0, 0.05) is 16.6 Å². The Balaban J connectivity index is 2.11. The first-order valence-electron chi connectivity index (χ1n) is 5.67. The van der Waals surface area contributed by atoms with Gasteiger partial charge in [-0.1, -0.05) is 29.3 Å². The normalized spacial score (nSPS) is 11.8. The van der Waals surface area contributed by atoms with Crippen molar-refractivity contribution in [3.63, 3.8) is 0 Å². The summed E-state index contributed by atoms with van der Waals surface area (Å²) in [6, 6.07) is 5.23. The van der Waals surface area contributed by atoms with Crippen LogP contribution in [-0.2, 0) is 11.2 Å². The van der Waals surface area contributed by atoms with E-state index < -0.39 is 12.8 Å². The first-order chi connectivity index (χ1) is 8.88. The van der Waals surface area contributed by atoms with Gasteiger partial charge in [0.1, 0.15) is 6.61 Å². The molecule has 0 aliphatic rings. The molecular formula is C12H14Cl2F3NO. The molecule has 108 valence electrons. The van der Waals surface area contributed by atoms with Gasteiger partial charge in [0.05, 0.1) is 6.61 Å². The third kappa shape index (κ3) is 7.62. The van der Waals surface area contributed by atoms with Crippen LogP contribution in [0.1, 0.15) is 5.56 Å². The van der Waals surface area contributed by atoms with E-state index in [2.05, 4.69) is 10.1 Å². The number of halogens is 5. The van der Waals surface area contributed by atoms with Gasteiger partial charge < -0.3 is 10.1 Å². The maximum absolute atomic E-state index is 11.8. The van der Waals surface area contributed by atoms with E-state index in [-0.39, 0.29) is 6.61 Å². The van der Waals surface area contributed by atoms with E-state index in [0.717, 1.165) is 5.56 Å². The molecular weight excluding hydrogens is 302 g/mol. The van der Waals surface area contributed by atoms with Gasteiger partial charge in [-0.3, -0.25) is 0 Å². The largest absolute Gasteiger partial charge is 0.411 e. The van der Waals surface area contributed by atoms with E-state index in [0.29, 0.717) is 29.6 Å². The molecule has 1 N–H and O–H groups in total. The summed E-state index contributed by atoms with van der Waals surface area (Å²) in [5.74, 6) is 0. The van der Waals surface area contributed by atoms with Crippen LogP contribution < -0.4 is 5.32 Å². The van der Waals surface area contributed by atoms with Crippen molar-refractivity contribution >= 4 is 23.2 Å². The predicted octanol–water partition coefficient (Wildman–Crippen LogP) is 3.70. The number of alkyl halides is 3. The van der Waals surface area contributed by atoms with Gasteiger partial charge >= 0.3 is 6.18 Å². The summed E-state index contributed by atoms with van der Waals surface area (Å²) in [5.41, 5.74) is 0.940. The highest BCUT2D eigenvalue weighted by molar-refractivity contribution is 6.35. The lowest BCUT2D eigenvalue weighted by molar-refractivity contribution is -0.173. The number of nitrogens with one attached hydrogen (secondary N) is 1. The van der Waals surface area contributed by atoms with Crippen LogP contribution in [0.2, 0.25) is 10.0 Å². The topological polar surface area (TPSA) is 21.3 Å². The van der Waals surface area contributed by atoms with Crippen molar-refractivity contribution < 1.29 is 17.9 Å². The van der Waals surface area contributed by atoms with Crippen LogP contribution in [0.5, 0.6) is 0 Å². The van der Waals surface area contributed by atoms with Gasteiger partial charge in [0.2, 0.25) is 0 Å². The Kier molecular flexibility index (Phi) is 6.93. The van der Waals surface area contributed by atoms with Crippen LogP contribution in [-0.4, -0.2) is 32.5 Å². The SMILES string of the molecule is FC(F)(F)COCCNCCc1ccc(Cl)cc1Cl. The molecule has 0 heterocycles. The van der Waals surface area contributed by atoms with Crippen LogP contribution in [0.4, 0.5) is 13.2 Å². The number of benzene rings is 1. The van der Waals surface area contributed by atoms with Crippen LogP contribution >= 0.6 is 23.2 Å². The Morgan fingerprint density at radius 1 is 1.16 bits per heavy atom. The Labute approximate surface area is 119 Å². The molecule has 0 saturated heterocycles. The minimum Gasteiger partial charge on any atom is -0.371 e. The third-order valence-electron chi connectivity index (χ3n) is 2.28. The third-order valence-corrected chi connectivity index (χ3v) is 2.86. The number of ether oxygens (including phenoxy) is 1. The highest BCUT2D eigenvalue weighted by Gasteiger charge is 2.27. The smallest absolute Gasteiger partial charge is 0.371 e. The summed E-state index contributed by atoms with van der Waals surface area (Å²) < 4.78 is 39.7. The van der Waals surface area contributed by atoms with Crippen molar-refractivity contribution in [1.29, 1.82) is 0 Å². The lowest BCUT2D eigenvalue weighted by Gasteiger charge is -2.09. The molecule has 0 fully saturated rings. The van der Waals surface area contributed by atoms with Gasteiger partial charge in [0.15, 0.2) is 0 Å². The maximum Gasteiger partial charge on any atom is 0.411 e. The van der Waals surface area contributed by atoms with E-state index in [1.807, 2.05) is 6.07 Å². The highest BCUT2D eigenvalue weighted by Crippen LogP contribution is 2.21. The van der Waals surface area contributed by atoms with Crippen molar-refractivity contribution in [3.8, 4) is 0 Å². The summed E-state index contributed by atoms with van der Waals surface area (Å²) in [6.07, 6.45) is -3.59. The second-order valence-electron chi connectivity index (χ2n) is 3.90. The zero-order valence-corrected chi connectivity index (χ0v) is 11.6. The van der Waals surface area contributed by atoms with E-state index in [4.69, 9.17) is 23.2 Å². The molecule has 7 heteroatoms. The summed E-state index contributed by atoms with van der Waals surface area (Å²) >= 11 is 11.7. The molecule has 1 aromatic carbocycles. The first-order valence-corrected chi connectivity index (χ1v) is 6.43. The summed E-state index contributed by atoms with van der Waals surface area (Å²) in [4.78, 5) is 0. The zero-order chi connectivity index (χ0) is 14.3. The lowest BCUT2D eigenvalue weighted by Crippen LogP contribution is -2.25. The maximum atomic E-state index is 11.8. The quantitative estimate of drug-likeness (QED) is 0.775. The highest BCUT2D eigenvalue weighted by atomic mass is 35.5. The first kappa shape index (κ1) is 16.6. The summed E-state index contributed by atoms with van der Waals surface area (Å²) in [6.45, 7) is -0.219. The van der Waals surface area contributed by atoms with Crippen LogP contribution in [0.15, 0.2) is 18.2 Å². The fourth-order valence-electron chi connectivity index (χ4n) is 1.40. The van der Waals surface area contributed by atoms with Gasteiger partial charge in [-0.25, -0.2) is 0 Å². The van der Waals surface area contributed by atoms with Gasteiger partial charge in [-0.15, -0.1) is 0 Å². The fourth-order valence-corrected chi connectivity index (χ4v) is 1.91. The lowest BCUT2D eigenvalue weighted by atomic mass is 10.1. The Hall–Kier alpha value is -0.490. The fraction of sp³-hybridized carbons (Fsp3) is 0.500. The molecule has 0 aliphatic carbocycles. The minimum absolute atomic E-state index is 0.0217. The van der Waals surface area contributed by atoms with Crippen molar-refractivity contribution in [2.75, 3.05) is 26.3 Å². The number of rotatable bonds is 7. The van der Waals surface area contributed by atoms with Gasteiger partial charge in [-0.2, -0.15) is 13.2 Å². The molecule has 0 atom stereocenters. The summed E-state index contributed by atoms with van der Waals surface area (Å²) in [5, 5.41) is 4.14. The summed E-state index contributed by atoms with van der Waals surface area (Å²) in [7, 11) is 0. The molecule has 0 aliphatic heterocycles. The molecule has 2 nitrogen and oxygen atoms in total. The molecule has 0 radical (unpaired) electrons. The standard InChI is InChI=1S/C12H14Cl2F3NO/c13-10-2-1-9(11(14)7-10)3-4-18-5-6-19-8-12(15,16)17/h1-2,7,18H,3-6,8H2. The Bertz CT molecular complexity index is 399. The van der Waals surface area contributed by atoms with E-state index in [1.54, 1.807) is 12.1 Å². The number of hydrogen-bond donors (Lipinski definition) is 1. The van der Waals surface area contributed by atoms with Crippen molar-refractivity contribution in [2.24, 2.45) is 0 Å². The van der Waals surface area contributed by atoms with E-state index >= 15 is 0 Å². The van der Waals surface area contributed by atoms with E-state index in [1.165, 1.54) is 0 Å². The minimum atomic E-state index is -4.27. The molecule has 1 rings (SSSR count). The van der Waals surface area contributed by atoms with Crippen molar-refractivity contribution in [2.45, 2.75) is 12.6 Å². The van der Waals surface area contributed by atoms with Crippen LogP contribution in [0.3, 0.4) is 0 Å². The average molecular weight is 316 g/mol. The number of hydrogen-bond acceptors (Lipinski definition) is 2. The molecule has 0 saturated carbocycles. The molecule has 0 aromatic heterocycles. The Morgan fingerprint density at radius 3 is 2.53 bits per heavy atom. The van der Waals surface area contributed by atoms with Gasteiger partial charge in [0.25, 0.3) is 0 Å². The molecule has 0 unspecified atom stereocenters. The Morgan fingerprint density at radius 2 is 1.89 bits per heavy atom. The molecule has 19 heavy (non-hydrogen) atoms. The zero-order valence-electron chi connectivity index (χ0n) is 10.1. The van der Waals surface area contributed by atoms with Crippen LogP contribution in [0.25, 0.3) is 0 Å². The molecule has 0 spiro atoms. The van der Waals surface area contributed by atoms with E-state index in [9.17, 15) is 13.2 Å². The molecule has 0 amide bonds. The van der Waals surface area contributed by atoms with Crippen molar-refractivity contribution in [1.82, 2.24) is 5.32 Å². The second kappa shape index (κ2) is 7.94. The monoisotopic (exact) mass is 315 g/mol.